The maximum absolute atomic E-state index is 11.4. The van der Waals surface area contributed by atoms with Crippen molar-refractivity contribution in [2.24, 2.45) is 5.92 Å². The van der Waals surface area contributed by atoms with Gasteiger partial charge in [-0.15, -0.1) is 0 Å². The van der Waals surface area contributed by atoms with E-state index < -0.39 is 0 Å². The predicted octanol–water partition coefficient (Wildman–Crippen LogP) is 1.12. The largest absolute Gasteiger partial charge is 0.469 e. The fourth-order valence-electron chi connectivity index (χ4n) is 1.99. The molecule has 1 aliphatic rings. The Hall–Kier alpha value is -1.20. The first-order valence-corrected chi connectivity index (χ1v) is 5.83. The van der Waals surface area contributed by atoms with E-state index in [-0.39, 0.29) is 11.9 Å². The molecule has 0 aliphatic carbocycles. The molecule has 0 saturated carbocycles. The summed E-state index contributed by atoms with van der Waals surface area (Å²) in [5.74, 6) is -0.144. The molecule has 0 spiro atoms. The van der Waals surface area contributed by atoms with Gasteiger partial charge < -0.3 is 4.74 Å². The second-order valence-corrected chi connectivity index (χ2v) is 4.46. The second-order valence-electron chi connectivity index (χ2n) is 4.07. The van der Waals surface area contributed by atoms with Crippen LogP contribution in [0.2, 0.25) is 5.15 Å². The van der Waals surface area contributed by atoms with Crippen LogP contribution in [0.5, 0.6) is 0 Å². The van der Waals surface area contributed by atoms with Gasteiger partial charge in [-0.3, -0.25) is 14.7 Å². The minimum Gasteiger partial charge on any atom is -0.469 e. The van der Waals surface area contributed by atoms with Crippen LogP contribution in [0.3, 0.4) is 0 Å². The Bertz CT molecular complexity index is 396. The number of hydrogen-bond acceptors (Lipinski definition) is 5. The minimum atomic E-state index is -0.130. The van der Waals surface area contributed by atoms with Gasteiger partial charge >= 0.3 is 5.97 Å². The molecule has 0 aromatic carbocycles. The quantitative estimate of drug-likeness (QED) is 0.758. The molecule has 2 heterocycles. The van der Waals surface area contributed by atoms with Crippen LogP contribution in [-0.4, -0.2) is 41.0 Å². The van der Waals surface area contributed by atoms with E-state index in [9.17, 15) is 4.79 Å². The van der Waals surface area contributed by atoms with Gasteiger partial charge in [0.2, 0.25) is 0 Å². The molecule has 1 aromatic heterocycles. The number of rotatable bonds is 3. The maximum atomic E-state index is 11.4. The van der Waals surface area contributed by atoms with Gasteiger partial charge in [-0.05, 0) is 13.0 Å². The Balaban J connectivity index is 1.89. The summed E-state index contributed by atoms with van der Waals surface area (Å²) >= 11 is 5.66. The number of nitrogens with zero attached hydrogens (tertiary/aromatic N) is 3. The summed E-state index contributed by atoms with van der Waals surface area (Å²) in [6.45, 7) is 2.29. The SMILES string of the molecule is COC(=O)C1CCN(Cc2cnc(Cl)cn2)C1. The highest BCUT2D eigenvalue weighted by Crippen LogP contribution is 2.19. The van der Waals surface area contributed by atoms with Crippen LogP contribution in [-0.2, 0) is 16.1 Å². The van der Waals surface area contributed by atoms with E-state index in [0.717, 1.165) is 25.2 Å². The zero-order valence-electron chi connectivity index (χ0n) is 9.60. The average Bonchev–Trinajstić information content (AvgIpc) is 2.80. The lowest BCUT2D eigenvalue weighted by molar-refractivity contribution is -0.144. The van der Waals surface area contributed by atoms with E-state index in [2.05, 4.69) is 14.9 Å². The van der Waals surface area contributed by atoms with Crippen LogP contribution in [0.25, 0.3) is 0 Å². The summed E-state index contributed by atoms with van der Waals surface area (Å²) in [4.78, 5) is 21.7. The minimum absolute atomic E-state index is 0.0136. The lowest BCUT2D eigenvalue weighted by atomic mass is 10.1. The highest BCUT2D eigenvalue weighted by Gasteiger charge is 2.28. The molecule has 1 aromatic rings. The fraction of sp³-hybridized carbons (Fsp3) is 0.545. The molecular weight excluding hydrogens is 242 g/mol. The first kappa shape index (κ1) is 12.3. The standard InChI is InChI=1S/C11H14ClN3O2/c1-17-11(16)8-2-3-15(6-8)7-9-4-14-10(12)5-13-9/h4-5,8H,2-3,6-7H2,1H3. The first-order chi connectivity index (χ1) is 8.19. The van der Waals surface area contributed by atoms with Crippen molar-refractivity contribution >= 4 is 17.6 Å². The van der Waals surface area contributed by atoms with E-state index in [1.54, 1.807) is 6.20 Å². The molecule has 1 fully saturated rings. The zero-order valence-corrected chi connectivity index (χ0v) is 10.4. The third kappa shape index (κ3) is 3.14. The van der Waals surface area contributed by atoms with Crippen molar-refractivity contribution < 1.29 is 9.53 Å². The van der Waals surface area contributed by atoms with Crippen LogP contribution < -0.4 is 0 Å². The Morgan fingerprint density at radius 3 is 3.06 bits per heavy atom. The third-order valence-corrected chi connectivity index (χ3v) is 3.06. The molecule has 1 atom stereocenters. The number of carbonyl (C=O) groups is 1. The highest BCUT2D eigenvalue weighted by atomic mass is 35.5. The van der Waals surface area contributed by atoms with Gasteiger partial charge in [-0.2, -0.15) is 0 Å². The molecule has 1 unspecified atom stereocenters. The van der Waals surface area contributed by atoms with E-state index >= 15 is 0 Å². The molecule has 0 bridgehead atoms. The van der Waals surface area contributed by atoms with Crippen LogP contribution >= 0.6 is 11.6 Å². The van der Waals surface area contributed by atoms with Crippen molar-refractivity contribution in [3.63, 3.8) is 0 Å². The monoisotopic (exact) mass is 255 g/mol. The van der Waals surface area contributed by atoms with E-state index in [1.807, 2.05) is 0 Å². The Kier molecular flexibility index (Phi) is 3.91. The summed E-state index contributed by atoms with van der Waals surface area (Å²) in [5.41, 5.74) is 0.861. The van der Waals surface area contributed by atoms with Crippen molar-refractivity contribution in [2.75, 3.05) is 20.2 Å². The number of carbonyl (C=O) groups excluding carboxylic acids is 1. The second kappa shape index (κ2) is 5.42. The summed E-state index contributed by atoms with van der Waals surface area (Å²) in [6.07, 6.45) is 4.03. The van der Waals surface area contributed by atoms with Crippen LogP contribution in [0.4, 0.5) is 0 Å². The fourth-order valence-corrected chi connectivity index (χ4v) is 2.08. The molecule has 17 heavy (non-hydrogen) atoms. The van der Waals surface area contributed by atoms with Crippen molar-refractivity contribution in [1.82, 2.24) is 14.9 Å². The molecule has 1 aliphatic heterocycles. The molecule has 0 amide bonds. The molecule has 6 heteroatoms. The van der Waals surface area contributed by atoms with Gasteiger partial charge in [-0.1, -0.05) is 11.6 Å². The zero-order chi connectivity index (χ0) is 12.3. The summed E-state index contributed by atoms with van der Waals surface area (Å²) < 4.78 is 4.74. The van der Waals surface area contributed by atoms with Crippen molar-refractivity contribution in [1.29, 1.82) is 0 Å². The molecule has 1 saturated heterocycles. The van der Waals surface area contributed by atoms with E-state index in [1.165, 1.54) is 13.3 Å². The molecule has 0 radical (unpaired) electrons. The highest BCUT2D eigenvalue weighted by molar-refractivity contribution is 6.29. The van der Waals surface area contributed by atoms with Gasteiger partial charge in [-0.25, -0.2) is 4.98 Å². The number of methoxy groups -OCH3 is 1. The number of likely N-dealkylation sites (tertiary alicyclic amines) is 1. The molecule has 2 rings (SSSR count). The smallest absolute Gasteiger partial charge is 0.310 e. The van der Waals surface area contributed by atoms with Crippen LogP contribution in [0.1, 0.15) is 12.1 Å². The maximum Gasteiger partial charge on any atom is 0.310 e. The Labute approximate surface area is 105 Å². The Morgan fingerprint density at radius 2 is 2.41 bits per heavy atom. The normalized spacial score (nSPS) is 20.5. The van der Waals surface area contributed by atoms with Gasteiger partial charge in [0.05, 0.1) is 31.1 Å². The summed E-state index contributed by atoms with van der Waals surface area (Å²) in [6, 6.07) is 0. The third-order valence-electron chi connectivity index (χ3n) is 2.87. The summed E-state index contributed by atoms with van der Waals surface area (Å²) in [5, 5.41) is 0.391. The van der Waals surface area contributed by atoms with Crippen LogP contribution in [0, 0.1) is 5.92 Å². The molecule has 5 nitrogen and oxygen atoms in total. The van der Waals surface area contributed by atoms with E-state index in [0.29, 0.717) is 11.7 Å². The number of halogens is 1. The number of esters is 1. The lowest BCUT2D eigenvalue weighted by Crippen LogP contribution is -2.24. The lowest BCUT2D eigenvalue weighted by Gasteiger charge is -2.14. The van der Waals surface area contributed by atoms with Gasteiger partial charge in [0, 0.05) is 13.1 Å². The predicted molar refractivity (Wildman–Crippen MR) is 62.4 cm³/mol. The number of ether oxygens (including phenoxy) is 1. The first-order valence-electron chi connectivity index (χ1n) is 5.45. The molecule has 0 N–H and O–H groups in total. The van der Waals surface area contributed by atoms with Gasteiger partial charge in [0.1, 0.15) is 5.15 Å². The van der Waals surface area contributed by atoms with E-state index in [4.69, 9.17) is 16.3 Å². The van der Waals surface area contributed by atoms with Crippen LogP contribution in [0.15, 0.2) is 12.4 Å². The number of aromatic nitrogens is 2. The number of hydrogen-bond donors (Lipinski definition) is 0. The Morgan fingerprint density at radius 1 is 1.59 bits per heavy atom. The van der Waals surface area contributed by atoms with Crippen molar-refractivity contribution in [2.45, 2.75) is 13.0 Å². The van der Waals surface area contributed by atoms with Crippen molar-refractivity contribution in [3.05, 3.63) is 23.2 Å². The molecular formula is C11H14ClN3O2. The average molecular weight is 256 g/mol. The van der Waals surface area contributed by atoms with Gasteiger partial charge in [0.25, 0.3) is 0 Å². The van der Waals surface area contributed by atoms with Gasteiger partial charge in [0.15, 0.2) is 0 Å². The summed E-state index contributed by atoms with van der Waals surface area (Å²) in [7, 11) is 1.43. The molecule has 92 valence electrons. The topological polar surface area (TPSA) is 55.3 Å². The van der Waals surface area contributed by atoms with Crippen molar-refractivity contribution in [3.8, 4) is 0 Å².